The van der Waals surface area contributed by atoms with Crippen molar-refractivity contribution in [2.75, 3.05) is 0 Å². The Balaban J connectivity index is 2.04. The number of imidazole rings is 1. The highest BCUT2D eigenvalue weighted by Gasteiger charge is 2.10. The van der Waals surface area contributed by atoms with Gasteiger partial charge in [-0.05, 0) is 30.3 Å². The molecule has 2 aromatic heterocycles. The maximum atomic E-state index is 13.1. The van der Waals surface area contributed by atoms with E-state index in [-0.39, 0.29) is 18.3 Å². The van der Waals surface area contributed by atoms with Gasteiger partial charge in [0.05, 0.1) is 12.2 Å². The SMILES string of the molecule is C=CC(=O)NCc1cn2ccnc2c(-c2ccc(F)cc2)n1. The fourth-order valence-electron chi connectivity index (χ4n) is 2.12. The summed E-state index contributed by atoms with van der Waals surface area (Å²) in [7, 11) is 0. The fraction of sp³-hybridized carbons (Fsp3) is 0.0625. The van der Waals surface area contributed by atoms with Gasteiger partial charge in [-0.2, -0.15) is 0 Å². The lowest BCUT2D eigenvalue weighted by atomic mass is 10.1. The van der Waals surface area contributed by atoms with Crippen molar-refractivity contribution >= 4 is 11.6 Å². The minimum Gasteiger partial charge on any atom is -0.347 e. The smallest absolute Gasteiger partial charge is 0.243 e. The number of amides is 1. The van der Waals surface area contributed by atoms with Crippen LogP contribution in [0.15, 0.2) is 55.5 Å². The first-order chi connectivity index (χ1) is 10.7. The zero-order valence-corrected chi connectivity index (χ0v) is 11.7. The van der Waals surface area contributed by atoms with Gasteiger partial charge in [0.25, 0.3) is 0 Å². The molecule has 1 aromatic carbocycles. The summed E-state index contributed by atoms with van der Waals surface area (Å²) in [6, 6.07) is 6.06. The lowest BCUT2D eigenvalue weighted by Gasteiger charge is -2.08. The number of halogens is 1. The van der Waals surface area contributed by atoms with E-state index in [1.54, 1.807) is 30.7 Å². The van der Waals surface area contributed by atoms with Gasteiger partial charge in [-0.3, -0.25) is 4.79 Å². The van der Waals surface area contributed by atoms with Crippen LogP contribution in [-0.2, 0) is 11.3 Å². The Kier molecular flexibility index (Phi) is 3.65. The molecule has 0 aliphatic rings. The molecule has 0 unspecified atom stereocenters. The van der Waals surface area contributed by atoms with E-state index in [1.165, 1.54) is 18.2 Å². The molecular weight excluding hydrogens is 283 g/mol. The van der Waals surface area contributed by atoms with Gasteiger partial charge in [-0.25, -0.2) is 14.4 Å². The van der Waals surface area contributed by atoms with Gasteiger partial charge in [0.2, 0.25) is 5.91 Å². The quantitative estimate of drug-likeness (QED) is 0.752. The Morgan fingerprint density at radius 3 is 2.86 bits per heavy atom. The van der Waals surface area contributed by atoms with E-state index in [2.05, 4.69) is 21.9 Å². The third kappa shape index (κ3) is 2.71. The fourth-order valence-corrected chi connectivity index (χ4v) is 2.12. The second-order valence-corrected chi connectivity index (χ2v) is 4.67. The normalized spacial score (nSPS) is 10.6. The molecule has 0 aliphatic heterocycles. The first kappa shape index (κ1) is 13.9. The maximum absolute atomic E-state index is 13.1. The molecule has 1 amide bonds. The zero-order valence-electron chi connectivity index (χ0n) is 11.7. The standard InChI is InChI=1S/C16H13FN4O/c1-2-14(22)19-9-13-10-21-8-7-18-16(21)15(20-13)11-3-5-12(17)6-4-11/h2-8,10H,1,9H2,(H,19,22). The van der Waals surface area contributed by atoms with Crippen LogP contribution in [0.5, 0.6) is 0 Å². The van der Waals surface area contributed by atoms with Crippen molar-refractivity contribution in [2.24, 2.45) is 0 Å². The van der Waals surface area contributed by atoms with Crippen LogP contribution >= 0.6 is 0 Å². The summed E-state index contributed by atoms with van der Waals surface area (Å²) in [5.74, 6) is -0.576. The van der Waals surface area contributed by atoms with Crippen molar-refractivity contribution in [3.8, 4) is 11.3 Å². The predicted octanol–water partition coefficient (Wildman–Crippen LogP) is 2.34. The van der Waals surface area contributed by atoms with Gasteiger partial charge >= 0.3 is 0 Å². The van der Waals surface area contributed by atoms with Crippen molar-refractivity contribution in [3.63, 3.8) is 0 Å². The number of nitrogens with zero attached hydrogens (tertiary/aromatic N) is 3. The average molecular weight is 296 g/mol. The van der Waals surface area contributed by atoms with Crippen molar-refractivity contribution in [2.45, 2.75) is 6.54 Å². The van der Waals surface area contributed by atoms with E-state index in [4.69, 9.17) is 0 Å². The average Bonchev–Trinajstić information content (AvgIpc) is 3.01. The second-order valence-electron chi connectivity index (χ2n) is 4.67. The largest absolute Gasteiger partial charge is 0.347 e. The van der Waals surface area contributed by atoms with Crippen molar-refractivity contribution < 1.29 is 9.18 Å². The van der Waals surface area contributed by atoms with E-state index >= 15 is 0 Å². The third-order valence-electron chi connectivity index (χ3n) is 3.17. The molecule has 6 heteroatoms. The van der Waals surface area contributed by atoms with Gasteiger partial charge < -0.3 is 9.72 Å². The van der Waals surface area contributed by atoms with Crippen molar-refractivity contribution in [3.05, 3.63) is 67.0 Å². The molecular formula is C16H13FN4O. The molecule has 5 nitrogen and oxygen atoms in total. The number of hydrogen-bond acceptors (Lipinski definition) is 3. The number of nitrogens with one attached hydrogen (secondary N) is 1. The van der Waals surface area contributed by atoms with Crippen LogP contribution < -0.4 is 5.32 Å². The summed E-state index contributed by atoms with van der Waals surface area (Å²) in [6.45, 7) is 3.68. The van der Waals surface area contributed by atoms with E-state index in [0.29, 0.717) is 17.0 Å². The molecule has 0 fully saturated rings. The van der Waals surface area contributed by atoms with E-state index < -0.39 is 0 Å². The zero-order chi connectivity index (χ0) is 15.5. The minimum atomic E-state index is -0.308. The highest BCUT2D eigenvalue weighted by Crippen LogP contribution is 2.22. The molecule has 0 bridgehead atoms. The van der Waals surface area contributed by atoms with Gasteiger partial charge in [-0.15, -0.1) is 0 Å². The molecule has 0 saturated carbocycles. The first-order valence-corrected chi connectivity index (χ1v) is 6.66. The number of benzene rings is 1. The summed E-state index contributed by atoms with van der Waals surface area (Å²) in [6.07, 6.45) is 6.45. The number of fused-ring (bicyclic) bond motifs is 1. The number of rotatable bonds is 4. The number of aromatic nitrogens is 3. The molecule has 1 N–H and O–H groups in total. The Bertz CT molecular complexity index is 839. The van der Waals surface area contributed by atoms with Crippen molar-refractivity contribution in [1.82, 2.24) is 19.7 Å². The summed E-state index contributed by atoms with van der Waals surface area (Å²) < 4.78 is 14.9. The lowest BCUT2D eigenvalue weighted by Crippen LogP contribution is -2.21. The molecule has 3 rings (SSSR count). The molecule has 2 heterocycles. The number of carbonyl (C=O) groups is 1. The molecule has 0 radical (unpaired) electrons. The Morgan fingerprint density at radius 1 is 1.36 bits per heavy atom. The highest BCUT2D eigenvalue weighted by molar-refractivity contribution is 5.86. The lowest BCUT2D eigenvalue weighted by molar-refractivity contribution is -0.116. The topological polar surface area (TPSA) is 59.3 Å². The summed E-state index contributed by atoms with van der Waals surface area (Å²) >= 11 is 0. The molecule has 0 spiro atoms. The first-order valence-electron chi connectivity index (χ1n) is 6.66. The van der Waals surface area contributed by atoms with E-state index in [9.17, 15) is 9.18 Å². The molecule has 0 aliphatic carbocycles. The molecule has 0 saturated heterocycles. The number of hydrogen-bond donors (Lipinski definition) is 1. The summed E-state index contributed by atoms with van der Waals surface area (Å²) in [4.78, 5) is 20.1. The van der Waals surface area contributed by atoms with Gasteiger partial charge in [0.1, 0.15) is 11.5 Å². The molecule has 22 heavy (non-hydrogen) atoms. The number of carbonyl (C=O) groups excluding carboxylic acids is 1. The van der Waals surface area contributed by atoms with Crippen LogP contribution in [0.2, 0.25) is 0 Å². The summed E-state index contributed by atoms with van der Waals surface area (Å²) in [5.41, 5.74) is 2.73. The van der Waals surface area contributed by atoms with Gasteiger partial charge in [0.15, 0.2) is 5.65 Å². The predicted molar refractivity (Wildman–Crippen MR) is 80.4 cm³/mol. The Labute approximate surface area is 126 Å². The van der Waals surface area contributed by atoms with Gasteiger partial charge in [0, 0.05) is 24.2 Å². The van der Waals surface area contributed by atoms with E-state index in [1.807, 2.05) is 4.40 Å². The third-order valence-corrected chi connectivity index (χ3v) is 3.17. The second kappa shape index (κ2) is 5.77. The van der Waals surface area contributed by atoms with Gasteiger partial charge in [-0.1, -0.05) is 6.58 Å². The molecule has 0 atom stereocenters. The Morgan fingerprint density at radius 2 is 2.14 bits per heavy atom. The summed E-state index contributed by atoms with van der Waals surface area (Å²) in [5, 5.41) is 2.68. The highest BCUT2D eigenvalue weighted by atomic mass is 19.1. The monoisotopic (exact) mass is 296 g/mol. The maximum Gasteiger partial charge on any atom is 0.243 e. The van der Waals surface area contributed by atoms with E-state index in [0.717, 1.165) is 5.56 Å². The Hall–Kier alpha value is -3.02. The van der Waals surface area contributed by atoms with Crippen LogP contribution in [0.1, 0.15) is 5.69 Å². The van der Waals surface area contributed by atoms with Crippen LogP contribution in [0.3, 0.4) is 0 Å². The minimum absolute atomic E-state index is 0.268. The molecule has 3 aromatic rings. The van der Waals surface area contributed by atoms with Crippen LogP contribution in [0.4, 0.5) is 4.39 Å². The van der Waals surface area contributed by atoms with Crippen molar-refractivity contribution in [1.29, 1.82) is 0 Å². The van der Waals surface area contributed by atoms with Crippen LogP contribution in [0, 0.1) is 5.82 Å². The van der Waals surface area contributed by atoms with Crippen LogP contribution in [-0.4, -0.2) is 20.3 Å². The molecule has 110 valence electrons. The van der Waals surface area contributed by atoms with Crippen LogP contribution in [0.25, 0.3) is 16.9 Å².